The molecule has 0 spiro atoms. The number of carboxylic acids is 1. The van der Waals surface area contributed by atoms with Crippen LogP contribution in [-0.4, -0.2) is 21.9 Å². The van der Waals surface area contributed by atoms with Crippen LogP contribution in [0.25, 0.3) is 6.08 Å². The van der Waals surface area contributed by atoms with E-state index in [-0.39, 0.29) is 18.0 Å². The first-order valence-corrected chi connectivity index (χ1v) is 9.33. The Morgan fingerprint density at radius 2 is 1.89 bits per heavy atom. The Bertz CT molecular complexity index is 951. The van der Waals surface area contributed by atoms with Crippen molar-refractivity contribution in [2.45, 2.75) is 13.5 Å². The zero-order chi connectivity index (χ0) is 20.8. The van der Waals surface area contributed by atoms with Crippen molar-refractivity contribution in [2.75, 3.05) is 0 Å². The van der Waals surface area contributed by atoms with Gasteiger partial charge in [0.2, 0.25) is 5.91 Å². The van der Waals surface area contributed by atoms with Crippen molar-refractivity contribution >= 4 is 55.5 Å². The van der Waals surface area contributed by atoms with Crippen molar-refractivity contribution in [1.82, 2.24) is 5.32 Å². The van der Waals surface area contributed by atoms with Crippen LogP contribution in [-0.2, 0) is 16.2 Å². The lowest BCUT2D eigenvalue weighted by Crippen LogP contribution is -2.24. The van der Waals surface area contributed by atoms with E-state index in [0.29, 0.717) is 25.8 Å². The van der Waals surface area contributed by atoms with Crippen LogP contribution in [0.2, 0.25) is 0 Å². The van der Waals surface area contributed by atoms with Crippen molar-refractivity contribution in [3.05, 3.63) is 72.3 Å². The number of nitro groups is 1. The number of hydrogen-bond acceptors (Lipinski definition) is 5. The predicted octanol–water partition coefficient (Wildman–Crippen LogP) is 4.26. The number of hydrogen-bond donors (Lipinski definition) is 2. The molecule has 0 radical (unpaired) electrons. The summed E-state index contributed by atoms with van der Waals surface area (Å²) in [5, 5.41) is 22.3. The number of halogens is 2. The van der Waals surface area contributed by atoms with Crippen molar-refractivity contribution < 1.29 is 24.4 Å². The number of amides is 1. The van der Waals surface area contributed by atoms with Gasteiger partial charge in [-0.2, -0.15) is 0 Å². The van der Waals surface area contributed by atoms with Gasteiger partial charge in [-0.3, -0.25) is 14.9 Å². The summed E-state index contributed by atoms with van der Waals surface area (Å²) in [6.45, 7) is 1.31. The van der Waals surface area contributed by atoms with Crippen LogP contribution < -0.4 is 10.1 Å². The van der Waals surface area contributed by atoms with Gasteiger partial charge in [0, 0.05) is 19.1 Å². The first kappa shape index (κ1) is 21.6. The van der Waals surface area contributed by atoms with Gasteiger partial charge in [-0.25, -0.2) is 4.79 Å². The SMILES string of the molecule is CC(=O)N/C(=C/c1cc(Br)c(OCc2cccc([N+](=O)[O-])c2)c(Br)c1)C(=O)O. The summed E-state index contributed by atoms with van der Waals surface area (Å²) in [6.07, 6.45) is 1.31. The molecule has 0 aliphatic rings. The molecule has 10 heteroatoms. The van der Waals surface area contributed by atoms with Crippen LogP contribution >= 0.6 is 31.9 Å². The minimum absolute atomic E-state index is 0.0288. The maximum Gasteiger partial charge on any atom is 0.352 e. The number of non-ortho nitro benzene ring substituents is 1. The van der Waals surface area contributed by atoms with Crippen LogP contribution in [0.3, 0.4) is 0 Å². The average molecular weight is 514 g/mol. The smallest absolute Gasteiger partial charge is 0.352 e. The standard InChI is InChI=1S/C18H14Br2N2O6/c1-10(23)21-16(18(24)25)8-12-6-14(19)17(15(20)7-12)28-9-11-3-2-4-13(5-11)22(26)27/h2-8H,9H2,1H3,(H,21,23)(H,24,25)/b16-8+. The van der Waals surface area contributed by atoms with Gasteiger partial charge in [0.05, 0.1) is 13.9 Å². The van der Waals surface area contributed by atoms with Gasteiger partial charge in [-0.1, -0.05) is 12.1 Å². The zero-order valence-corrected chi connectivity index (χ0v) is 17.6. The molecule has 2 N–H and O–H groups in total. The number of ether oxygens (including phenoxy) is 1. The van der Waals surface area contributed by atoms with E-state index in [4.69, 9.17) is 9.84 Å². The summed E-state index contributed by atoms with van der Waals surface area (Å²) in [5.74, 6) is -1.32. The second-order valence-electron chi connectivity index (χ2n) is 5.57. The van der Waals surface area contributed by atoms with Gasteiger partial charge in [0.1, 0.15) is 18.1 Å². The quantitative estimate of drug-likeness (QED) is 0.324. The van der Waals surface area contributed by atoms with Crippen molar-refractivity contribution in [2.24, 2.45) is 0 Å². The minimum Gasteiger partial charge on any atom is -0.487 e. The molecular formula is C18H14Br2N2O6. The Labute approximate surface area is 176 Å². The maximum absolute atomic E-state index is 11.2. The van der Waals surface area contributed by atoms with Crippen LogP contribution in [0, 0.1) is 10.1 Å². The number of carbonyl (C=O) groups excluding carboxylic acids is 1. The summed E-state index contributed by atoms with van der Waals surface area (Å²) in [5.41, 5.74) is 0.832. The van der Waals surface area contributed by atoms with E-state index >= 15 is 0 Å². The molecule has 8 nitrogen and oxygen atoms in total. The number of nitrogens with one attached hydrogen (secondary N) is 1. The molecule has 0 saturated heterocycles. The molecule has 0 bridgehead atoms. The largest absolute Gasteiger partial charge is 0.487 e. The van der Waals surface area contributed by atoms with E-state index in [2.05, 4.69) is 37.2 Å². The van der Waals surface area contributed by atoms with Crippen molar-refractivity contribution in [3.8, 4) is 5.75 Å². The Morgan fingerprint density at radius 1 is 1.25 bits per heavy atom. The van der Waals surface area contributed by atoms with Crippen LogP contribution in [0.4, 0.5) is 5.69 Å². The van der Waals surface area contributed by atoms with Crippen LogP contribution in [0.15, 0.2) is 51.0 Å². The molecular weight excluding hydrogens is 500 g/mol. The Morgan fingerprint density at radius 3 is 2.43 bits per heavy atom. The minimum atomic E-state index is -1.27. The number of carboxylic acid groups (broad SMARTS) is 1. The topological polar surface area (TPSA) is 119 Å². The fraction of sp³-hybridized carbons (Fsp3) is 0.111. The van der Waals surface area contributed by atoms with Gasteiger partial charge in [0.15, 0.2) is 0 Å². The molecule has 0 aliphatic carbocycles. The molecule has 0 aromatic heterocycles. The molecule has 2 aromatic rings. The van der Waals surface area contributed by atoms with Crippen LogP contribution in [0.1, 0.15) is 18.1 Å². The van der Waals surface area contributed by atoms with Gasteiger partial charge >= 0.3 is 5.97 Å². The number of benzene rings is 2. The molecule has 0 atom stereocenters. The average Bonchev–Trinajstić information content (AvgIpc) is 2.60. The number of carbonyl (C=O) groups is 2. The third kappa shape index (κ3) is 5.89. The summed E-state index contributed by atoms with van der Waals surface area (Å²) in [7, 11) is 0. The summed E-state index contributed by atoms with van der Waals surface area (Å²) < 4.78 is 6.80. The van der Waals surface area contributed by atoms with Gasteiger partial charge in [0.25, 0.3) is 5.69 Å². The number of nitro benzene ring substituents is 1. The molecule has 0 heterocycles. The molecule has 2 rings (SSSR count). The molecule has 146 valence electrons. The molecule has 0 aliphatic heterocycles. The first-order valence-electron chi connectivity index (χ1n) is 7.75. The fourth-order valence-electron chi connectivity index (χ4n) is 2.22. The summed E-state index contributed by atoms with van der Waals surface area (Å²) in [4.78, 5) is 32.7. The van der Waals surface area contributed by atoms with Crippen LogP contribution in [0.5, 0.6) is 5.75 Å². The Balaban J connectivity index is 2.24. The maximum atomic E-state index is 11.2. The first-order chi connectivity index (χ1) is 13.2. The Hall–Kier alpha value is -2.72. The van der Waals surface area contributed by atoms with E-state index in [1.807, 2.05) is 0 Å². The summed E-state index contributed by atoms with van der Waals surface area (Å²) in [6, 6.07) is 9.34. The van der Waals surface area contributed by atoms with E-state index in [0.717, 1.165) is 0 Å². The molecule has 1 amide bonds. The number of aliphatic carboxylic acids is 1. The third-order valence-electron chi connectivity index (χ3n) is 3.38. The lowest BCUT2D eigenvalue weighted by atomic mass is 10.1. The predicted molar refractivity (Wildman–Crippen MR) is 109 cm³/mol. The van der Waals surface area contributed by atoms with Crippen molar-refractivity contribution in [1.29, 1.82) is 0 Å². The highest BCUT2D eigenvalue weighted by molar-refractivity contribution is 9.11. The molecule has 0 saturated carbocycles. The lowest BCUT2D eigenvalue weighted by Gasteiger charge is -2.12. The molecule has 28 heavy (non-hydrogen) atoms. The molecule has 0 fully saturated rings. The number of rotatable bonds is 7. The monoisotopic (exact) mass is 512 g/mol. The fourth-order valence-corrected chi connectivity index (χ4v) is 3.67. The lowest BCUT2D eigenvalue weighted by molar-refractivity contribution is -0.384. The van der Waals surface area contributed by atoms with Gasteiger partial charge in [-0.15, -0.1) is 0 Å². The van der Waals surface area contributed by atoms with E-state index in [1.54, 1.807) is 24.3 Å². The Kier molecular flexibility index (Phi) is 7.30. The van der Waals surface area contributed by atoms with E-state index in [1.165, 1.54) is 25.1 Å². The second-order valence-corrected chi connectivity index (χ2v) is 7.28. The van der Waals surface area contributed by atoms with E-state index < -0.39 is 16.8 Å². The molecule has 0 unspecified atom stereocenters. The van der Waals surface area contributed by atoms with Gasteiger partial charge < -0.3 is 15.2 Å². The summed E-state index contributed by atoms with van der Waals surface area (Å²) >= 11 is 6.72. The third-order valence-corrected chi connectivity index (χ3v) is 4.56. The van der Waals surface area contributed by atoms with Crippen molar-refractivity contribution in [3.63, 3.8) is 0 Å². The van der Waals surface area contributed by atoms with E-state index in [9.17, 15) is 19.7 Å². The van der Waals surface area contributed by atoms with Gasteiger partial charge in [-0.05, 0) is 61.2 Å². The highest BCUT2D eigenvalue weighted by Gasteiger charge is 2.13. The second kappa shape index (κ2) is 9.47. The number of nitrogens with zero attached hydrogens (tertiary/aromatic N) is 1. The zero-order valence-electron chi connectivity index (χ0n) is 14.4. The highest BCUT2D eigenvalue weighted by atomic mass is 79.9. The normalized spacial score (nSPS) is 11.0. The molecule has 2 aromatic carbocycles. The highest BCUT2D eigenvalue weighted by Crippen LogP contribution is 2.36.